The summed E-state index contributed by atoms with van der Waals surface area (Å²) in [5.74, 6) is 0. The smallest absolute Gasteiger partial charge is 0.111 e. The molecule has 0 unspecified atom stereocenters. The van der Waals surface area contributed by atoms with Crippen LogP contribution in [0.1, 0.15) is 5.69 Å². The van der Waals surface area contributed by atoms with Crippen molar-refractivity contribution in [3.05, 3.63) is 24.0 Å². The van der Waals surface area contributed by atoms with Crippen LogP contribution in [0.4, 0.5) is 0 Å². The highest BCUT2D eigenvalue weighted by atomic mass is 31.2. The first-order valence-electron chi connectivity index (χ1n) is 3.74. The molecule has 0 radical (unpaired) electrons. The normalized spacial score (nSPS) is 11.6. The lowest BCUT2D eigenvalue weighted by molar-refractivity contribution is 0.588. The summed E-state index contributed by atoms with van der Waals surface area (Å²) in [4.78, 5) is 4.07. The molecule has 0 fully saturated rings. The summed E-state index contributed by atoms with van der Waals surface area (Å²) in [6.07, 6.45) is 1.64. The van der Waals surface area contributed by atoms with Crippen LogP contribution in [-0.4, -0.2) is 18.3 Å². The van der Waals surface area contributed by atoms with Crippen molar-refractivity contribution >= 4 is 12.4 Å². The summed E-state index contributed by atoms with van der Waals surface area (Å²) in [6.45, 7) is 3.89. The zero-order valence-corrected chi connectivity index (χ0v) is 8.21. The minimum Gasteiger partial charge on any atom is -0.325 e. The van der Waals surface area contributed by atoms with Crippen LogP contribution in [0.3, 0.4) is 0 Å². The molecule has 3 nitrogen and oxygen atoms in total. The predicted molar refractivity (Wildman–Crippen MR) is 51.2 cm³/mol. The molecular weight excluding hydrogens is 171 g/mol. The van der Waals surface area contributed by atoms with Crippen LogP contribution >= 0.6 is 7.14 Å². The van der Waals surface area contributed by atoms with Gasteiger partial charge in [0.2, 0.25) is 0 Å². The molecule has 0 aliphatic rings. The van der Waals surface area contributed by atoms with E-state index in [-0.39, 0.29) is 0 Å². The lowest BCUT2D eigenvalue weighted by atomic mass is 10.4. The third kappa shape index (κ3) is 2.16. The van der Waals surface area contributed by atoms with Crippen molar-refractivity contribution in [3.63, 3.8) is 0 Å². The van der Waals surface area contributed by atoms with Crippen molar-refractivity contribution in [3.8, 4) is 0 Å². The third-order valence-corrected chi connectivity index (χ3v) is 3.15. The van der Waals surface area contributed by atoms with Crippen molar-refractivity contribution in [1.29, 1.82) is 0 Å². The third-order valence-electron chi connectivity index (χ3n) is 1.64. The van der Waals surface area contributed by atoms with Crippen molar-refractivity contribution in [2.75, 3.05) is 13.3 Å². The second kappa shape index (κ2) is 3.38. The van der Waals surface area contributed by atoms with Gasteiger partial charge in [0.1, 0.15) is 7.14 Å². The average molecular weight is 184 g/mol. The molecule has 4 heteroatoms. The zero-order valence-electron chi connectivity index (χ0n) is 7.32. The van der Waals surface area contributed by atoms with Gasteiger partial charge in [0, 0.05) is 18.0 Å². The first-order chi connectivity index (χ1) is 5.54. The highest BCUT2D eigenvalue weighted by Crippen LogP contribution is 2.33. The monoisotopic (exact) mass is 184 g/mol. The van der Waals surface area contributed by atoms with Gasteiger partial charge in [0.05, 0.1) is 5.69 Å². The number of aromatic nitrogens is 1. The van der Waals surface area contributed by atoms with E-state index >= 15 is 0 Å². The summed E-state index contributed by atoms with van der Waals surface area (Å²) in [7, 11) is -2.15. The number of hydrogen-bond acceptors (Lipinski definition) is 3. The van der Waals surface area contributed by atoms with Crippen molar-refractivity contribution in [2.24, 2.45) is 5.73 Å². The van der Waals surface area contributed by atoms with Gasteiger partial charge in [0.15, 0.2) is 0 Å². The SMILES string of the molecule is CP(C)(=O)c1ccc(CN)nc1. The molecule has 0 spiro atoms. The van der Waals surface area contributed by atoms with E-state index in [0.29, 0.717) is 6.54 Å². The fourth-order valence-corrected chi connectivity index (χ4v) is 1.63. The number of nitrogens with zero attached hydrogens (tertiary/aromatic N) is 1. The summed E-state index contributed by atoms with van der Waals surface area (Å²) in [5, 5.41) is 0.805. The molecule has 2 N–H and O–H groups in total. The molecular formula is C8H13N2OP. The van der Waals surface area contributed by atoms with Gasteiger partial charge in [-0.3, -0.25) is 4.98 Å². The molecule has 1 rings (SSSR count). The molecule has 0 aromatic carbocycles. The topological polar surface area (TPSA) is 56.0 Å². The summed E-state index contributed by atoms with van der Waals surface area (Å²) in [5.41, 5.74) is 6.20. The number of nitrogens with two attached hydrogens (primary N) is 1. The van der Waals surface area contributed by atoms with Crippen LogP contribution < -0.4 is 11.0 Å². The molecule has 1 aromatic rings. The van der Waals surface area contributed by atoms with Crippen molar-refractivity contribution < 1.29 is 4.57 Å². The quantitative estimate of drug-likeness (QED) is 0.691. The maximum absolute atomic E-state index is 11.5. The molecule has 1 heterocycles. The van der Waals surface area contributed by atoms with Gasteiger partial charge in [-0.1, -0.05) is 0 Å². The molecule has 0 saturated heterocycles. The zero-order chi connectivity index (χ0) is 9.19. The second-order valence-corrected chi connectivity index (χ2v) is 6.28. The highest BCUT2D eigenvalue weighted by Gasteiger charge is 2.10. The van der Waals surface area contributed by atoms with Gasteiger partial charge < -0.3 is 10.3 Å². The van der Waals surface area contributed by atoms with E-state index in [4.69, 9.17) is 5.73 Å². The van der Waals surface area contributed by atoms with Crippen molar-refractivity contribution in [1.82, 2.24) is 4.98 Å². The first kappa shape index (κ1) is 9.43. The van der Waals surface area contributed by atoms with Crippen LogP contribution in [0.15, 0.2) is 18.3 Å². The Morgan fingerprint density at radius 2 is 2.17 bits per heavy atom. The van der Waals surface area contributed by atoms with E-state index < -0.39 is 7.14 Å². The minimum absolute atomic E-state index is 0.429. The molecule has 0 aliphatic carbocycles. The lowest BCUT2D eigenvalue weighted by Crippen LogP contribution is -2.07. The Hall–Kier alpha value is -0.660. The van der Waals surface area contributed by atoms with E-state index in [9.17, 15) is 4.57 Å². The van der Waals surface area contributed by atoms with E-state index in [1.165, 1.54) is 0 Å². The van der Waals surface area contributed by atoms with Gasteiger partial charge in [0.25, 0.3) is 0 Å². The molecule has 66 valence electrons. The maximum Gasteiger partial charge on any atom is 0.111 e. The highest BCUT2D eigenvalue weighted by molar-refractivity contribution is 7.70. The number of hydrogen-bond donors (Lipinski definition) is 1. The number of rotatable bonds is 2. The molecule has 0 atom stereocenters. The fraction of sp³-hybridized carbons (Fsp3) is 0.375. The molecule has 1 aromatic heterocycles. The molecule has 12 heavy (non-hydrogen) atoms. The van der Waals surface area contributed by atoms with E-state index in [0.717, 1.165) is 11.0 Å². The van der Waals surface area contributed by atoms with Gasteiger partial charge in [-0.2, -0.15) is 0 Å². The van der Waals surface area contributed by atoms with Crippen LogP contribution in [0.5, 0.6) is 0 Å². The maximum atomic E-state index is 11.5. The Morgan fingerprint density at radius 1 is 1.50 bits per heavy atom. The molecule has 0 amide bonds. The van der Waals surface area contributed by atoms with Gasteiger partial charge in [-0.15, -0.1) is 0 Å². The largest absolute Gasteiger partial charge is 0.325 e. The molecule has 0 aliphatic heterocycles. The van der Waals surface area contributed by atoms with Crippen LogP contribution in [-0.2, 0) is 11.1 Å². The van der Waals surface area contributed by atoms with Crippen LogP contribution in [0.2, 0.25) is 0 Å². The lowest BCUT2D eigenvalue weighted by Gasteiger charge is -2.05. The second-order valence-electron chi connectivity index (χ2n) is 3.06. The van der Waals surface area contributed by atoms with Crippen LogP contribution in [0, 0.1) is 0 Å². The van der Waals surface area contributed by atoms with E-state index in [1.807, 2.05) is 12.1 Å². The van der Waals surface area contributed by atoms with E-state index in [2.05, 4.69) is 4.98 Å². The Labute approximate surface area is 72.4 Å². The summed E-state index contributed by atoms with van der Waals surface area (Å²) >= 11 is 0. The standard InChI is InChI=1S/C8H13N2OP/c1-12(2,11)8-4-3-7(5-9)10-6-8/h3-4,6H,5,9H2,1-2H3. The predicted octanol–water partition coefficient (Wildman–Crippen LogP) is 0.788. The first-order valence-corrected chi connectivity index (χ1v) is 6.34. The Balaban J connectivity index is 3.01. The molecule has 0 bridgehead atoms. The number of pyridine rings is 1. The Kier molecular flexibility index (Phi) is 2.65. The average Bonchev–Trinajstić information content (AvgIpc) is 2.03. The van der Waals surface area contributed by atoms with Gasteiger partial charge >= 0.3 is 0 Å². The molecule has 0 saturated carbocycles. The summed E-state index contributed by atoms with van der Waals surface area (Å²) < 4.78 is 11.5. The van der Waals surface area contributed by atoms with E-state index in [1.54, 1.807) is 19.5 Å². The van der Waals surface area contributed by atoms with Crippen LogP contribution in [0.25, 0.3) is 0 Å². The Bertz CT molecular complexity index is 301. The minimum atomic E-state index is -2.15. The van der Waals surface area contributed by atoms with Gasteiger partial charge in [-0.05, 0) is 25.5 Å². The summed E-state index contributed by atoms with van der Waals surface area (Å²) in [6, 6.07) is 3.64. The fourth-order valence-electron chi connectivity index (χ4n) is 0.856. The van der Waals surface area contributed by atoms with Gasteiger partial charge in [-0.25, -0.2) is 0 Å². The Morgan fingerprint density at radius 3 is 2.50 bits per heavy atom. The van der Waals surface area contributed by atoms with Crippen molar-refractivity contribution in [2.45, 2.75) is 6.54 Å².